The van der Waals surface area contributed by atoms with Crippen LogP contribution in [0.25, 0.3) is 0 Å². The lowest BCUT2D eigenvalue weighted by Crippen LogP contribution is -2.14. The third kappa shape index (κ3) is 4.53. The van der Waals surface area contributed by atoms with Gasteiger partial charge in [0.1, 0.15) is 5.88 Å². The number of carbonyl (C=O) groups is 1. The van der Waals surface area contributed by atoms with Crippen LogP contribution in [0.4, 0.5) is 18.9 Å². The van der Waals surface area contributed by atoms with Gasteiger partial charge in [0.25, 0.3) is 0 Å². The Labute approximate surface area is 95.4 Å². The summed E-state index contributed by atoms with van der Waals surface area (Å²) in [4.78, 5) is 10.9. The third-order valence-electron chi connectivity index (χ3n) is 1.74. The molecule has 0 atom stereocenters. The number of amides is 1. The largest absolute Gasteiger partial charge is 0.393 e. The summed E-state index contributed by atoms with van der Waals surface area (Å²) in [5, 5.41) is 2.38. The quantitative estimate of drug-likeness (QED) is 0.822. The summed E-state index contributed by atoms with van der Waals surface area (Å²) in [5.41, 5.74) is 0.410. The van der Waals surface area contributed by atoms with Gasteiger partial charge in [-0.25, -0.2) is 0 Å². The Bertz CT molecular complexity index is 379. The fourth-order valence-electron chi connectivity index (χ4n) is 1.18. The highest BCUT2D eigenvalue weighted by Crippen LogP contribution is 2.22. The van der Waals surface area contributed by atoms with Gasteiger partial charge in [-0.3, -0.25) is 4.79 Å². The van der Waals surface area contributed by atoms with Crippen LogP contribution < -0.4 is 5.32 Å². The number of benzene rings is 1. The first-order valence-electron chi connectivity index (χ1n) is 4.42. The van der Waals surface area contributed by atoms with E-state index in [4.69, 9.17) is 11.6 Å². The van der Waals surface area contributed by atoms with Crippen molar-refractivity contribution in [1.82, 2.24) is 0 Å². The van der Waals surface area contributed by atoms with Crippen molar-refractivity contribution in [2.45, 2.75) is 12.6 Å². The second-order valence-corrected chi connectivity index (χ2v) is 3.44. The fraction of sp³-hybridized carbons (Fsp3) is 0.300. The number of hydrogen-bond acceptors (Lipinski definition) is 1. The van der Waals surface area contributed by atoms with Crippen LogP contribution in [0.3, 0.4) is 0 Å². The van der Waals surface area contributed by atoms with E-state index in [-0.39, 0.29) is 11.4 Å². The lowest BCUT2D eigenvalue weighted by molar-refractivity contribution is -0.127. The van der Waals surface area contributed by atoms with Gasteiger partial charge >= 0.3 is 6.18 Å². The molecule has 0 heterocycles. The van der Waals surface area contributed by atoms with Gasteiger partial charge in [-0.1, -0.05) is 12.1 Å². The van der Waals surface area contributed by atoms with Gasteiger partial charge in [0.15, 0.2) is 0 Å². The zero-order chi connectivity index (χ0) is 12.2. The summed E-state index contributed by atoms with van der Waals surface area (Å²) in [6.07, 6.45) is -5.27. The standard InChI is InChI=1S/C10H9ClF3NO/c11-6-9(16)15-8-3-1-2-7(4-8)5-10(12,13)14/h1-4H,5-6H2,(H,15,16). The molecule has 0 saturated heterocycles. The van der Waals surface area contributed by atoms with Crippen molar-refractivity contribution in [3.63, 3.8) is 0 Å². The molecule has 1 N–H and O–H groups in total. The Morgan fingerprint density at radius 3 is 2.62 bits per heavy atom. The SMILES string of the molecule is O=C(CCl)Nc1cccc(CC(F)(F)F)c1. The molecule has 0 unspecified atom stereocenters. The minimum absolute atomic E-state index is 0.0971. The highest BCUT2D eigenvalue weighted by molar-refractivity contribution is 6.29. The van der Waals surface area contributed by atoms with Crippen LogP contribution in [0.2, 0.25) is 0 Å². The van der Waals surface area contributed by atoms with Gasteiger partial charge in [0.2, 0.25) is 5.91 Å². The second kappa shape index (κ2) is 5.21. The van der Waals surface area contributed by atoms with Crippen molar-refractivity contribution in [3.8, 4) is 0 Å². The summed E-state index contributed by atoms with van der Waals surface area (Å²) in [6.45, 7) is 0. The molecule has 0 spiro atoms. The lowest BCUT2D eigenvalue weighted by Gasteiger charge is -2.08. The number of alkyl halides is 4. The summed E-state index contributed by atoms with van der Waals surface area (Å²) >= 11 is 5.26. The first-order valence-corrected chi connectivity index (χ1v) is 4.95. The maximum absolute atomic E-state index is 12.1. The maximum atomic E-state index is 12.1. The van der Waals surface area contributed by atoms with Crippen LogP contribution in [0.15, 0.2) is 24.3 Å². The Kier molecular flexibility index (Phi) is 4.18. The molecule has 1 aromatic carbocycles. The van der Waals surface area contributed by atoms with Crippen molar-refractivity contribution >= 4 is 23.2 Å². The molecule has 0 aromatic heterocycles. The number of carbonyl (C=O) groups excluding carboxylic acids is 1. The number of nitrogens with one attached hydrogen (secondary N) is 1. The van der Waals surface area contributed by atoms with Crippen LogP contribution in [-0.2, 0) is 11.2 Å². The summed E-state index contributed by atoms with van der Waals surface area (Å²) in [7, 11) is 0. The molecule has 6 heteroatoms. The highest BCUT2D eigenvalue weighted by Gasteiger charge is 2.27. The molecule has 0 bridgehead atoms. The third-order valence-corrected chi connectivity index (χ3v) is 1.98. The normalized spacial score (nSPS) is 11.2. The Balaban J connectivity index is 2.75. The lowest BCUT2D eigenvalue weighted by atomic mass is 10.1. The van der Waals surface area contributed by atoms with Crippen molar-refractivity contribution in [1.29, 1.82) is 0 Å². The molecule has 1 aromatic rings. The van der Waals surface area contributed by atoms with E-state index >= 15 is 0 Å². The van der Waals surface area contributed by atoms with Crippen molar-refractivity contribution in [2.24, 2.45) is 0 Å². The topological polar surface area (TPSA) is 29.1 Å². The summed E-state index contributed by atoms with van der Waals surface area (Å²) in [6, 6.07) is 5.58. The molecule has 1 amide bonds. The minimum atomic E-state index is -4.25. The molecule has 2 nitrogen and oxygen atoms in total. The van der Waals surface area contributed by atoms with Gasteiger partial charge in [-0.2, -0.15) is 13.2 Å². The fourth-order valence-corrected chi connectivity index (χ4v) is 1.25. The van der Waals surface area contributed by atoms with Gasteiger partial charge in [-0.05, 0) is 17.7 Å². The molecule has 0 aliphatic rings. The van der Waals surface area contributed by atoms with Crippen LogP contribution in [0, 0.1) is 0 Å². The molecule has 16 heavy (non-hydrogen) atoms. The van der Waals surface area contributed by atoms with Gasteiger partial charge < -0.3 is 5.32 Å². The predicted molar refractivity (Wildman–Crippen MR) is 55.6 cm³/mol. The van der Waals surface area contributed by atoms with Gasteiger partial charge in [0, 0.05) is 5.69 Å². The summed E-state index contributed by atoms with van der Waals surface area (Å²) < 4.78 is 36.3. The van der Waals surface area contributed by atoms with Crippen LogP contribution in [0.1, 0.15) is 5.56 Å². The van der Waals surface area contributed by atoms with Crippen molar-refractivity contribution in [2.75, 3.05) is 11.2 Å². The van der Waals surface area contributed by atoms with Crippen LogP contribution in [-0.4, -0.2) is 18.0 Å². The molecular weight excluding hydrogens is 243 g/mol. The molecule has 0 fully saturated rings. The molecule has 1 rings (SSSR count). The minimum Gasteiger partial charge on any atom is -0.325 e. The Hall–Kier alpha value is -1.23. The van der Waals surface area contributed by atoms with E-state index in [1.54, 1.807) is 0 Å². The molecule has 88 valence electrons. The van der Waals surface area contributed by atoms with E-state index in [1.165, 1.54) is 24.3 Å². The van der Waals surface area contributed by atoms with Crippen LogP contribution >= 0.6 is 11.6 Å². The van der Waals surface area contributed by atoms with E-state index in [2.05, 4.69) is 5.32 Å². The zero-order valence-electron chi connectivity index (χ0n) is 8.14. The molecule has 0 radical (unpaired) electrons. The molecule has 0 aliphatic carbocycles. The van der Waals surface area contributed by atoms with Gasteiger partial charge in [0.05, 0.1) is 6.42 Å². The predicted octanol–water partition coefficient (Wildman–Crippen LogP) is 2.97. The average molecular weight is 252 g/mol. The van der Waals surface area contributed by atoms with E-state index < -0.39 is 18.5 Å². The van der Waals surface area contributed by atoms with Gasteiger partial charge in [-0.15, -0.1) is 11.6 Å². The monoisotopic (exact) mass is 251 g/mol. The van der Waals surface area contributed by atoms with E-state index in [1.807, 2.05) is 0 Å². The van der Waals surface area contributed by atoms with Crippen molar-refractivity contribution in [3.05, 3.63) is 29.8 Å². The zero-order valence-corrected chi connectivity index (χ0v) is 8.90. The smallest absolute Gasteiger partial charge is 0.325 e. The average Bonchev–Trinajstić information content (AvgIpc) is 2.15. The first-order chi connectivity index (χ1) is 7.40. The summed E-state index contributed by atoms with van der Waals surface area (Å²) in [5.74, 6) is -0.686. The van der Waals surface area contributed by atoms with E-state index in [9.17, 15) is 18.0 Å². The number of rotatable bonds is 3. The maximum Gasteiger partial charge on any atom is 0.393 e. The van der Waals surface area contributed by atoms with E-state index in [0.717, 1.165) is 0 Å². The van der Waals surface area contributed by atoms with E-state index in [0.29, 0.717) is 5.69 Å². The molecule has 0 aliphatic heterocycles. The Morgan fingerprint density at radius 1 is 1.38 bits per heavy atom. The highest BCUT2D eigenvalue weighted by atomic mass is 35.5. The first kappa shape index (κ1) is 12.8. The second-order valence-electron chi connectivity index (χ2n) is 3.17. The molecule has 0 saturated carbocycles. The Morgan fingerprint density at radius 2 is 2.06 bits per heavy atom. The number of halogens is 4. The van der Waals surface area contributed by atoms with Crippen LogP contribution in [0.5, 0.6) is 0 Å². The van der Waals surface area contributed by atoms with Crippen molar-refractivity contribution < 1.29 is 18.0 Å². The number of anilines is 1. The molecular formula is C10H9ClF3NO. The number of hydrogen-bond donors (Lipinski definition) is 1.